The number of piperidine rings is 1. The maximum absolute atomic E-state index is 14.1. The molecule has 1 saturated heterocycles. The minimum atomic E-state index is -0.833. The molecule has 0 unspecified atom stereocenters. The van der Waals surface area contributed by atoms with Crippen LogP contribution in [0.4, 0.5) is 8.78 Å². The minimum absolute atomic E-state index is 0.128. The number of hydrogen-bond acceptors (Lipinski definition) is 3. The van der Waals surface area contributed by atoms with Gasteiger partial charge in [0.05, 0.1) is 16.6 Å². The number of alkyl halides is 1. The highest BCUT2D eigenvalue weighted by molar-refractivity contribution is 6.04. The second-order valence-electron chi connectivity index (χ2n) is 6.57. The highest BCUT2D eigenvalue weighted by Crippen LogP contribution is 2.27. The molecule has 0 spiro atoms. The number of hydrogen-bond donors (Lipinski definition) is 2. The summed E-state index contributed by atoms with van der Waals surface area (Å²) in [4.78, 5) is 11.5. The molecular formula is C19H18F2N4O. The number of carbonyl (C=O) groups is 1. The van der Waals surface area contributed by atoms with Gasteiger partial charge in [-0.25, -0.2) is 13.5 Å². The normalized spacial score (nSPS) is 20.4. The number of fused-ring (bicyclic) bond motifs is 1. The molecule has 0 saturated carbocycles. The van der Waals surface area contributed by atoms with Crippen LogP contribution in [0, 0.1) is 5.82 Å². The van der Waals surface area contributed by atoms with Gasteiger partial charge in [-0.1, -0.05) is 12.1 Å². The maximum atomic E-state index is 14.1. The second kappa shape index (κ2) is 6.49. The smallest absolute Gasteiger partial charge is 0.250 e. The van der Waals surface area contributed by atoms with Crippen LogP contribution in [0.3, 0.4) is 0 Å². The minimum Gasteiger partial charge on any atom is -0.366 e. The predicted octanol–water partition coefficient (Wildman–Crippen LogP) is 2.68. The number of nitrogens with one attached hydrogen (secondary N) is 1. The van der Waals surface area contributed by atoms with Gasteiger partial charge >= 0.3 is 0 Å². The van der Waals surface area contributed by atoms with E-state index in [1.807, 2.05) is 24.3 Å². The first-order valence-electron chi connectivity index (χ1n) is 8.45. The number of halogens is 2. The molecule has 2 heterocycles. The summed E-state index contributed by atoms with van der Waals surface area (Å²) in [5, 5.41) is 7.65. The molecule has 134 valence electrons. The van der Waals surface area contributed by atoms with Gasteiger partial charge in [0.1, 0.15) is 17.5 Å². The third kappa shape index (κ3) is 2.94. The summed E-state index contributed by atoms with van der Waals surface area (Å²) >= 11 is 0. The van der Waals surface area contributed by atoms with Crippen LogP contribution < -0.4 is 11.1 Å². The molecule has 1 aliphatic rings. The molecule has 5 nitrogen and oxygen atoms in total. The summed E-state index contributed by atoms with van der Waals surface area (Å²) in [6.45, 7) is 1.15. The molecular weight excluding hydrogens is 338 g/mol. The zero-order valence-electron chi connectivity index (χ0n) is 14.0. The molecule has 7 heteroatoms. The molecule has 3 N–H and O–H groups in total. The number of amides is 1. The number of rotatable bonds is 3. The molecule has 0 bridgehead atoms. The van der Waals surface area contributed by atoms with E-state index in [4.69, 9.17) is 5.73 Å². The SMILES string of the molecule is NC(=O)c1ccc(F)c2cn(-c3ccc([C@@H]4CNC[C@H](F)C4)cc3)nc12. The first-order chi connectivity index (χ1) is 12.5. The Morgan fingerprint density at radius 2 is 1.96 bits per heavy atom. The van der Waals surface area contributed by atoms with Gasteiger partial charge in [0.15, 0.2) is 0 Å². The van der Waals surface area contributed by atoms with Crippen LogP contribution in [0.25, 0.3) is 16.6 Å². The van der Waals surface area contributed by atoms with Crippen LogP contribution in [-0.4, -0.2) is 34.9 Å². The molecule has 2 aromatic carbocycles. The Kier molecular flexibility index (Phi) is 4.16. The molecule has 0 aliphatic carbocycles. The van der Waals surface area contributed by atoms with Crippen molar-refractivity contribution in [3.63, 3.8) is 0 Å². The van der Waals surface area contributed by atoms with Crippen LogP contribution in [0.2, 0.25) is 0 Å². The molecule has 26 heavy (non-hydrogen) atoms. The Morgan fingerprint density at radius 3 is 2.65 bits per heavy atom. The number of benzene rings is 2. The molecule has 1 aliphatic heterocycles. The first-order valence-corrected chi connectivity index (χ1v) is 8.45. The van der Waals surface area contributed by atoms with Crippen molar-refractivity contribution >= 4 is 16.8 Å². The highest BCUT2D eigenvalue weighted by atomic mass is 19.1. The molecule has 0 radical (unpaired) electrons. The summed E-state index contributed by atoms with van der Waals surface area (Å²) in [5.74, 6) is -0.986. The fraction of sp³-hybridized carbons (Fsp3) is 0.263. The summed E-state index contributed by atoms with van der Waals surface area (Å²) in [7, 11) is 0. The fourth-order valence-corrected chi connectivity index (χ4v) is 3.45. The lowest BCUT2D eigenvalue weighted by Gasteiger charge is -2.26. The van der Waals surface area contributed by atoms with E-state index in [0.717, 1.165) is 17.8 Å². The van der Waals surface area contributed by atoms with Crippen LogP contribution in [0.5, 0.6) is 0 Å². The van der Waals surface area contributed by atoms with Crippen LogP contribution >= 0.6 is 0 Å². The van der Waals surface area contributed by atoms with Crippen LogP contribution in [0.1, 0.15) is 28.3 Å². The summed E-state index contributed by atoms with van der Waals surface area (Å²) in [6.07, 6.45) is 1.21. The van der Waals surface area contributed by atoms with Gasteiger partial charge in [-0.2, -0.15) is 5.10 Å². The predicted molar refractivity (Wildman–Crippen MR) is 94.7 cm³/mol. The molecule has 1 fully saturated rings. The van der Waals surface area contributed by atoms with Gasteiger partial charge in [0.2, 0.25) is 0 Å². The van der Waals surface area contributed by atoms with Crippen molar-refractivity contribution in [3.05, 3.63) is 59.5 Å². The maximum Gasteiger partial charge on any atom is 0.250 e. The zero-order chi connectivity index (χ0) is 18.3. The van der Waals surface area contributed by atoms with Gasteiger partial charge in [-0.05, 0) is 42.2 Å². The Morgan fingerprint density at radius 1 is 1.19 bits per heavy atom. The van der Waals surface area contributed by atoms with E-state index in [2.05, 4.69) is 10.4 Å². The standard InChI is InChI=1S/C19H18F2N4O/c20-13-7-12(8-23-9-13)11-1-3-14(4-2-11)25-10-16-17(21)6-5-15(19(22)26)18(16)24-25/h1-6,10,12-13,23H,7-9H2,(H2,22,26)/t12-,13+/m0/s1. The van der Waals surface area contributed by atoms with Gasteiger partial charge in [0.25, 0.3) is 5.91 Å². The molecule has 1 aromatic heterocycles. The van der Waals surface area contributed by atoms with Crippen LogP contribution in [0.15, 0.2) is 42.6 Å². The average Bonchev–Trinajstić information content (AvgIpc) is 3.08. The Labute approximate surface area is 148 Å². The second-order valence-corrected chi connectivity index (χ2v) is 6.57. The van der Waals surface area contributed by atoms with Crippen molar-refractivity contribution in [2.24, 2.45) is 5.73 Å². The van der Waals surface area contributed by atoms with E-state index in [1.165, 1.54) is 23.0 Å². The van der Waals surface area contributed by atoms with Gasteiger partial charge in [-0.15, -0.1) is 0 Å². The van der Waals surface area contributed by atoms with E-state index in [0.29, 0.717) is 13.0 Å². The highest BCUT2D eigenvalue weighted by Gasteiger charge is 2.22. The largest absolute Gasteiger partial charge is 0.366 e. The average molecular weight is 356 g/mol. The summed E-state index contributed by atoms with van der Waals surface area (Å²) in [6, 6.07) is 10.1. The Hall–Kier alpha value is -2.80. The number of nitrogens with zero attached hydrogens (tertiary/aromatic N) is 2. The van der Waals surface area contributed by atoms with E-state index >= 15 is 0 Å². The monoisotopic (exact) mass is 356 g/mol. The third-order valence-corrected chi connectivity index (χ3v) is 4.81. The Bertz CT molecular complexity index is 968. The fourth-order valence-electron chi connectivity index (χ4n) is 3.45. The van der Waals surface area contributed by atoms with Gasteiger partial charge < -0.3 is 11.1 Å². The molecule has 2 atom stereocenters. The topological polar surface area (TPSA) is 72.9 Å². The van der Waals surface area contributed by atoms with Gasteiger partial charge in [-0.3, -0.25) is 4.79 Å². The van der Waals surface area contributed by atoms with Gasteiger partial charge in [0, 0.05) is 19.3 Å². The van der Waals surface area contributed by atoms with Crippen molar-refractivity contribution in [2.75, 3.05) is 13.1 Å². The van der Waals surface area contributed by atoms with E-state index < -0.39 is 17.9 Å². The summed E-state index contributed by atoms with van der Waals surface area (Å²) < 4.78 is 29.1. The van der Waals surface area contributed by atoms with Crippen molar-refractivity contribution in [1.29, 1.82) is 0 Å². The van der Waals surface area contributed by atoms with Crippen molar-refractivity contribution < 1.29 is 13.6 Å². The lowest BCUT2D eigenvalue weighted by atomic mass is 9.91. The van der Waals surface area contributed by atoms with Crippen molar-refractivity contribution in [2.45, 2.75) is 18.5 Å². The lowest BCUT2D eigenvalue weighted by molar-refractivity contribution is 0.100. The van der Waals surface area contributed by atoms with Crippen molar-refractivity contribution in [3.8, 4) is 5.69 Å². The molecule has 3 aromatic rings. The number of nitrogens with two attached hydrogens (primary N) is 1. The molecule has 1 amide bonds. The van der Waals surface area contributed by atoms with Crippen LogP contribution in [-0.2, 0) is 0 Å². The molecule has 4 rings (SSSR count). The number of primary amides is 1. The Balaban J connectivity index is 1.68. The number of carbonyl (C=O) groups excluding carboxylic acids is 1. The number of aromatic nitrogens is 2. The van der Waals surface area contributed by atoms with E-state index in [-0.39, 0.29) is 22.4 Å². The lowest BCUT2D eigenvalue weighted by Crippen LogP contribution is -2.36. The van der Waals surface area contributed by atoms with E-state index in [9.17, 15) is 13.6 Å². The zero-order valence-corrected chi connectivity index (χ0v) is 14.0. The quantitative estimate of drug-likeness (QED) is 0.758. The first kappa shape index (κ1) is 16.7. The third-order valence-electron chi connectivity index (χ3n) is 4.81. The summed E-state index contributed by atoms with van der Waals surface area (Å²) in [5.41, 5.74) is 7.53. The van der Waals surface area contributed by atoms with E-state index in [1.54, 1.807) is 0 Å². The van der Waals surface area contributed by atoms with Crippen molar-refractivity contribution in [1.82, 2.24) is 15.1 Å².